The van der Waals surface area contributed by atoms with Crippen LogP contribution in [0, 0.1) is 6.92 Å². The summed E-state index contributed by atoms with van der Waals surface area (Å²) in [5, 5.41) is 9.50. The van der Waals surface area contributed by atoms with Gasteiger partial charge in [-0.3, -0.25) is 0 Å². The van der Waals surface area contributed by atoms with Gasteiger partial charge in [0.1, 0.15) is 6.26 Å². The number of aromatic carboxylic acids is 1. The molecular weight excluding hydrogens is 230 g/mol. The van der Waals surface area contributed by atoms with E-state index in [2.05, 4.69) is 15.0 Å². The number of hydrogen-bond donors (Lipinski definition) is 1. The number of nitrogens with zero attached hydrogens (tertiary/aromatic N) is 3. The molecule has 0 aliphatic rings. The summed E-state index contributed by atoms with van der Waals surface area (Å²) in [5.74, 6) is -1.08. The molecule has 0 aliphatic heterocycles. The Morgan fingerprint density at radius 1 is 1.50 bits per heavy atom. The SMILES string of the molecule is Cc1cc(C(=O)O)nc(Sc2ncco2)n1. The lowest BCUT2D eigenvalue weighted by molar-refractivity contribution is 0.0689. The fourth-order valence-corrected chi connectivity index (χ4v) is 1.74. The minimum absolute atomic E-state index is 0.0402. The van der Waals surface area contributed by atoms with Crippen LogP contribution in [0.2, 0.25) is 0 Å². The standard InChI is InChI=1S/C9H7N3O3S/c1-5-4-6(7(13)14)12-8(11-5)16-9-10-2-3-15-9/h2-4H,1H3,(H,13,14). The smallest absolute Gasteiger partial charge is 0.354 e. The predicted octanol–water partition coefficient (Wildman–Crippen LogP) is 1.62. The van der Waals surface area contributed by atoms with Gasteiger partial charge in [-0.1, -0.05) is 0 Å². The van der Waals surface area contributed by atoms with Gasteiger partial charge >= 0.3 is 5.97 Å². The van der Waals surface area contributed by atoms with E-state index in [9.17, 15) is 4.79 Å². The normalized spacial score (nSPS) is 10.3. The van der Waals surface area contributed by atoms with Gasteiger partial charge < -0.3 is 9.52 Å². The Morgan fingerprint density at radius 3 is 2.94 bits per heavy atom. The predicted molar refractivity (Wildman–Crippen MR) is 54.4 cm³/mol. The third kappa shape index (κ3) is 2.37. The van der Waals surface area contributed by atoms with Crippen molar-refractivity contribution in [1.82, 2.24) is 15.0 Å². The van der Waals surface area contributed by atoms with Crippen molar-refractivity contribution in [2.24, 2.45) is 0 Å². The Balaban J connectivity index is 2.31. The molecule has 2 aromatic heterocycles. The number of carboxylic acids is 1. The summed E-state index contributed by atoms with van der Waals surface area (Å²) in [6.07, 6.45) is 2.92. The van der Waals surface area contributed by atoms with Crippen molar-refractivity contribution < 1.29 is 14.3 Å². The Bertz CT molecular complexity index is 513. The van der Waals surface area contributed by atoms with E-state index in [4.69, 9.17) is 9.52 Å². The fraction of sp³-hybridized carbons (Fsp3) is 0.111. The molecular formula is C9H7N3O3S. The lowest BCUT2D eigenvalue weighted by Crippen LogP contribution is -2.03. The van der Waals surface area contributed by atoms with Crippen LogP contribution in [-0.2, 0) is 0 Å². The molecule has 0 atom stereocenters. The van der Waals surface area contributed by atoms with E-state index in [1.165, 1.54) is 18.5 Å². The van der Waals surface area contributed by atoms with Crippen LogP contribution in [0.25, 0.3) is 0 Å². The molecule has 0 saturated heterocycles. The molecule has 0 radical (unpaired) electrons. The van der Waals surface area contributed by atoms with Crippen molar-refractivity contribution >= 4 is 17.7 Å². The summed E-state index contributed by atoms with van der Waals surface area (Å²) < 4.78 is 5.00. The first-order valence-corrected chi connectivity index (χ1v) is 5.13. The summed E-state index contributed by atoms with van der Waals surface area (Å²) in [6.45, 7) is 1.70. The summed E-state index contributed by atoms with van der Waals surface area (Å²) in [4.78, 5) is 22.6. The highest BCUT2D eigenvalue weighted by Gasteiger charge is 2.11. The van der Waals surface area contributed by atoms with Crippen molar-refractivity contribution in [3.63, 3.8) is 0 Å². The van der Waals surface area contributed by atoms with Crippen molar-refractivity contribution in [3.8, 4) is 0 Å². The van der Waals surface area contributed by atoms with Crippen molar-refractivity contribution in [1.29, 1.82) is 0 Å². The summed E-state index contributed by atoms with van der Waals surface area (Å²) in [7, 11) is 0. The van der Waals surface area contributed by atoms with Crippen LogP contribution in [0.3, 0.4) is 0 Å². The van der Waals surface area contributed by atoms with Crippen LogP contribution in [0.5, 0.6) is 0 Å². The molecule has 0 fully saturated rings. The van der Waals surface area contributed by atoms with Crippen LogP contribution in [0.1, 0.15) is 16.2 Å². The molecule has 16 heavy (non-hydrogen) atoms. The molecule has 7 heteroatoms. The van der Waals surface area contributed by atoms with Crippen LogP contribution < -0.4 is 0 Å². The first-order chi connectivity index (χ1) is 7.65. The first-order valence-electron chi connectivity index (χ1n) is 4.31. The average molecular weight is 237 g/mol. The molecule has 0 unspecified atom stereocenters. The Labute approximate surface area is 94.8 Å². The van der Waals surface area contributed by atoms with Gasteiger partial charge in [-0.15, -0.1) is 0 Å². The zero-order chi connectivity index (χ0) is 11.5. The van der Waals surface area contributed by atoms with E-state index in [1.54, 1.807) is 6.92 Å². The number of oxazole rings is 1. The highest BCUT2D eigenvalue weighted by atomic mass is 32.2. The Hall–Kier alpha value is -1.89. The third-order valence-corrected chi connectivity index (χ3v) is 2.38. The van der Waals surface area contributed by atoms with Crippen molar-refractivity contribution in [3.05, 3.63) is 29.9 Å². The number of aryl methyl sites for hydroxylation is 1. The number of rotatable bonds is 3. The molecule has 2 rings (SSSR count). The van der Waals surface area contributed by atoms with Gasteiger partial charge in [-0.05, 0) is 13.0 Å². The topological polar surface area (TPSA) is 89.1 Å². The average Bonchev–Trinajstić information content (AvgIpc) is 2.69. The second-order valence-electron chi connectivity index (χ2n) is 2.88. The maximum absolute atomic E-state index is 10.8. The number of carboxylic acid groups (broad SMARTS) is 1. The zero-order valence-corrected chi connectivity index (χ0v) is 9.06. The molecule has 82 valence electrons. The van der Waals surface area contributed by atoms with Gasteiger partial charge in [-0.25, -0.2) is 19.7 Å². The van der Waals surface area contributed by atoms with Gasteiger partial charge in [0.15, 0.2) is 10.9 Å². The van der Waals surface area contributed by atoms with E-state index in [0.717, 1.165) is 11.8 Å². The summed E-state index contributed by atoms with van der Waals surface area (Å²) in [5.41, 5.74) is 0.544. The quantitative estimate of drug-likeness (QED) is 0.811. The van der Waals surface area contributed by atoms with Crippen molar-refractivity contribution in [2.45, 2.75) is 17.3 Å². The molecule has 2 heterocycles. The molecule has 6 nitrogen and oxygen atoms in total. The fourth-order valence-electron chi connectivity index (χ4n) is 1.04. The number of aromatic nitrogens is 3. The van der Waals surface area contributed by atoms with Gasteiger partial charge in [0.05, 0.1) is 6.20 Å². The largest absolute Gasteiger partial charge is 0.477 e. The monoisotopic (exact) mass is 237 g/mol. The zero-order valence-electron chi connectivity index (χ0n) is 8.25. The van der Waals surface area contributed by atoms with Gasteiger partial charge in [0, 0.05) is 17.5 Å². The second kappa shape index (κ2) is 4.31. The van der Waals surface area contributed by atoms with E-state index in [-0.39, 0.29) is 5.69 Å². The molecule has 2 aromatic rings. The number of hydrogen-bond acceptors (Lipinski definition) is 6. The van der Waals surface area contributed by atoms with E-state index in [0.29, 0.717) is 16.1 Å². The van der Waals surface area contributed by atoms with E-state index >= 15 is 0 Å². The van der Waals surface area contributed by atoms with E-state index in [1.807, 2.05) is 0 Å². The Morgan fingerprint density at radius 2 is 2.31 bits per heavy atom. The molecule has 0 saturated carbocycles. The molecule has 1 N–H and O–H groups in total. The van der Waals surface area contributed by atoms with Gasteiger partial charge in [0.2, 0.25) is 0 Å². The molecule has 0 aromatic carbocycles. The van der Waals surface area contributed by atoms with Crippen molar-refractivity contribution in [2.75, 3.05) is 0 Å². The van der Waals surface area contributed by atoms with Crippen LogP contribution in [0.15, 0.2) is 33.3 Å². The number of carbonyl (C=O) groups is 1. The maximum atomic E-state index is 10.8. The highest BCUT2D eigenvalue weighted by molar-refractivity contribution is 7.98. The minimum atomic E-state index is -1.08. The van der Waals surface area contributed by atoms with E-state index < -0.39 is 5.97 Å². The van der Waals surface area contributed by atoms with Crippen LogP contribution in [-0.4, -0.2) is 26.0 Å². The Kier molecular flexibility index (Phi) is 2.86. The molecule has 0 amide bonds. The summed E-state index contributed by atoms with van der Waals surface area (Å²) in [6, 6.07) is 1.40. The molecule has 0 spiro atoms. The lowest BCUT2D eigenvalue weighted by Gasteiger charge is -1.99. The molecule has 0 aliphatic carbocycles. The molecule has 0 bridgehead atoms. The van der Waals surface area contributed by atoms with Crippen LogP contribution in [0.4, 0.5) is 0 Å². The minimum Gasteiger partial charge on any atom is -0.477 e. The lowest BCUT2D eigenvalue weighted by atomic mass is 10.3. The third-order valence-electron chi connectivity index (χ3n) is 1.64. The maximum Gasteiger partial charge on any atom is 0.354 e. The second-order valence-corrected chi connectivity index (χ2v) is 3.80. The van der Waals surface area contributed by atoms with Gasteiger partial charge in [0.25, 0.3) is 5.22 Å². The van der Waals surface area contributed by atoms with Gasteiger partial charge in [-0.2, -0.15) is 0 Å². The highest BCUT2D eigenvalue weighted by Crippen LogP contribution is 2.22. The summed E-state index contributed by atoms with van der Waals surface area (Å²) >= 11 is 1.08. The van der Waals surface area contributed by atoms with Crippen LogP contribution >= 0.6 is 11.8 Å². The first kappa shape index (κ1) is 10.6.